The molecule has 0 atom stereocenters. The van der Waals surface area contributed by atoms with Crippen molar-refractivity contribution in [1.82, 2.24) is 9.97 Å². The number of rotatable bonds is 4. The molecule has 1 aromatic heterocycles. The van der Waals surface area contributed by atoms with Crippen LogP contribution in [0.3, 0.4) is 0 Å². The van der Waals surface area contributed by atoms with Crippen LogP contribution in [0.4, 0.5) is 18.9 Å². The largest absolute Gasteiger partial charge is 0.433 e. The molecule has 122 valence electrons. The lowest BCUT2D eigenvalue weighted by molar-refractivity contribution is -0.385. The van der Waals surface area contributed by atoms with Gasteiger partial charge < -0.3 is 4.98 Å². The quantitative estimate of drug-likeness (QED) is 0.397. The molecule has 6 nitrogen and oxygen atoms in total. The van der Waals surface area contributed by atoms with Crippen LogP contribution in [-0.2, 0) is 11.9 Å². The monoisotopic (exact) mass is 345 g/mol. The first-order valence-electron chi connectivity index (χ1n) is 6.22. The van der Waals surface area contributed by atoms with E-state index in [9.17, 15) is 28.1 Å². The van der Waals surface area contributed by atoms with Crippen molar-refractivity contribution in [3.8, 4) is 0 Å². The Bertz CT molecular complexity index is 805. The van der Waals surface area contributed by atoms with E-state index >= 15 is 0 Å². The lowest BCUT2D eigenvalue weighted by Gasteiger charge is -2.08. The number of alkyl halides is 3. The van der Waals surface area contributed by atoms with E-state index in [2.05, 4.69) is 9.97 Å². The highest BCUT2D eigenvalue weighted by atomic mass is 32.2. The molecule has 1 aromatic carbocycles. The van der Waals surface area contributed by atoms with E-state index in [1.54, 1.807) is 13.0 Å². The zero-order valence-electron chi connectivity index (χ0n) is 11.7. The van der Waals surface area contributed by atoms with E-state index in [1.807, 2.05) is 0 Å². The number of hydrogen-bond donors (Lipinski definition) is 1. The van der Waals surface area contributed by atoms with Crippen LogP contribution >= 0.6 is 11.8 Å². The van der Waals surface area contributed by atoms with Crippen LogP contribution < -0.4 is 5.56 Å². The Hall–Kier alpha value is -2.36. The van der Waals surface area contributed by atoms with E-state index in [0.29, 0.717) is 17.2 Å². The molecule has 1 heterocycles. The summed E-state index contributed by atoms with van der Waals surface area (Å²) in [7, 11) is 0. The summed E-state index contributed by atoms with van der Waals surface area (Å²) in [6.07, 6.45) is -4.72. The molecule has 23 heavy (non-hydrogen) atoms. The molecule has 10 heteroatoms. The molecule has 0 unspecified atom stereocenters. The second-order valence-corrected chi connectivity index (χ2v) is 5.50. The predicted molar refractivity (Wildman–Crippen MR) is 77.3 cm³/mol. The van der Waals surface area contributed by atoms with Crippen LogP contribution in [0.15, 0.2) is 34.2 Å². The maximum Gasteiger partial charge on any atom is 0.433 e. The molecule has 0 aliphatic rings. The van der Waals surface area contributed by atoms with Gasteiger partial charge in [-0.2, -0.15) is 13.2 Å². The molecule has 0 saturated carbocycles. The number of benzene rings is 1. The van der Waals surface area contributed by atoms with Crippen molar-refractivity contribution in [3.63, 3.8) is 0 Å². The Labute approximate surface area is 131 Å². The van der Waals surface area contributed by atoms with Crippen LogP contribution in [0.2, 0.25) is 0 Å². The summed E-state index contributed by atoms with van der Waals surface area (Å²) in [6.45, 7) is 1.55. The average molecular weight is 345 g/mol. The zero-order valence-corrected chi connectivity index (χ0v) is 12.5. The second-order valence-electron chi connectivity index (χ2n) is 4.54. The summed E-state index contributed by atoms with van der Waals surface area (Å²) >= 11 is 0.863. The maximum absolute atomic E-state index is 12.6. The van der Waals surface area contributed by atoms with Crippen LogP contribution in [0.5, 0.6) is 0 Å². The molecule has 1 N–H and O–H groups in total. The molecule has 0 spiro atoms. The maximum atomic E-state index is 12.6. The number of nitro benzene ring substituents is 1. The summed E-state index contributed by atoms with van der Waals surface area (Å²) < 4.78 is 37.9. The standard InChI is InChI=1S/C13H10F3N3O3S/c1-7-8(3-2-4-9(7)19(21)22)6-23-12-17-10(13(14,15)16)5-11(20)18-12/h2-5H,6H2,1H3,(H,17,18,20). The summed E-state index contributed by atoms with van der Waals surface area (Å²) in [5.41, 5.74) is -1.28. The van der Waals surface area contributed by atoms with Gasteiger partial charge in [-0.15, -0.1) is 0 Å². The van der Waals surface area contributed by atoms with Crippen molar-refractivity contribution < 1.29 is 18.1 Å². The fourth-order valence-electron chi connectivity index (χ4n) is 1.82. The second kappa shape index (κ2) is 6.41. The van der Waals surface area contributed by atoms with Gasteiger partial charge in [-0.1, -0.05) is 23.9 Å². The SMILES string of the molecule is Cc1c(CSc2nc(C(F)(F)F)cc(=O)[nH]2)cccc1[N+](=O)[O-]. The number of nitro groups is 1. The van der Waals surface area contributed by atoms with Gasteiger partial charge in [0.1, 0.15) is 0 Å². The Balaban J connectivity index is 2.25. The number of nitrogens with one attached hydrogen (secondary N) is 1. The highest BCUT2D eigenvalue weighted by molar-refractivity contribution is 7.98. The minimum absolute atomic E-state index is 0.0754. The number of nitrogens with zero attached hydrogens (tertiary/aromatic N) is 2. The molecule has 0 aliphatic carbocycles. The highest BCUT2D eigenvalue weighted by Gasteiger charge is 2.33. The van der Waals surface area contributed by atoms with Gasteiger partial charge in [0.2, 0.25) is 0 Å². The van der Waals surface area contributed by atoms with Crippen LogP contribution in [-0.4, -0.2) is 14.9 Å². The third-order valence-corrected chi connectivity index (χ3v) is 3.91. The summed E-state index contributed by atoms with van der Waals surface area (Å²) in [6, 6.07) is 4.83. The number of aromatic nitrogens is 2. The smallest absolute Gasteiger partial charge is 0.301 e. The van der Waals surface area contributed by atoms with Crippen molar-refractivity contribution in [2.45, 2.75) is 24.0 Å². The predicted octanol–water partition coefficient (Wildman–Crippen LogP) is 3.30. The number of thioether (sulfide) groups is 1. The molecule has 0 radical (unpaired) electrons. The summed E-state index contributed by atoms with van der Waals surface area (Å²) in [5.74, 6) is 0.137. The molecule has 2 rings (SSSR count). The molecule has 0 saturated heterocycles. The average Bonchev–Trinajstić information content (AvgIpc) is 2.44. The topological polar surface area (TPSA) is 88.9 Å². The molecule has 0 bridgehead atoms. The first-order chi connectivity index (χ1) is 10.7. The Morgan fingerprint density at radius 2 is 2.09 bits per heavy atom. The number of halogens is 3. The van der Waals surface area contributed by atoms with Crippen molar-refractivity contribution in [2.24, 2.45) is 0 Å². The van der Waals surface area contributed by atoms with E-state index in [1.165, 1.54) is 12.1 Å². The molecule has 0 aliphatic heterocycles. The van der Waals surface area contributed by atoms with E-state index in [4.69, 9.17) is 0 Å². The van der Waals surface area contributed by atoms with Crippen LogP contribution in [0.1, 0.15) is 16.8 Å². The number of H-pyrrole nitrogens is 1. The van der Waals surface area contributed by atoms with Crippen molar-refractivity contribution in [1.29, 1.82) is 0 Å². The van der Waals surface area contributed by atoms with Gasteiger partial charge in [-0.25, -0.2) is 4.98 Å². The summed E-state index contributed by atoms with van der Waals surface area (Å²) in [5, 5.41) is 10.7. The summed E-state index contributed by atoms with van der Waals surface area (Å²) in [4.78, 5) is 27.2. The third kappa shape index (κ3) is 4.09. The first kappa shape index (κ1) is 17.0. The zero-order chi connectivity index (χ0) is 17.2. The van der Waals surface area contributed by atoms with E-state index in [-0.39, 0.29) is 16.6 Å². The Kier molecular flexibility index (Phi) is 4.73. The van der Waals surface area contributed by atoms with Gasteiger partial charge in [0.05, 0.1) is 4.92 Å². The van der Waals surface area contributed by atoms with E-state index in [0.717, 1.165) is 11.8 Å². The number of hydrogen-bond acceptors (Lipinski definition) is 5. The fourth-order valence-corrected chi connectivity index (χ4v) is 2.76. The van der Waals surface area contributed by atoms with E-state index < -0.39 is 22.4 Å². The van der Waals surface area contributed by atoms with Crippen LogP contribution in [0, 0.1) is 17.0 Å². The molecule has 0 fully saturated rings. The van der Waals surface area contributed by atoms with Gasteiger partial charge in [-0.3, -0.25) is 14.9 Å². The highest BCUT2D eigenvalue weighted by Crippen LogP contribution is 2.29. The lowest BCUT2D eigenvalue weighted by Crippen LogP contribution is -2.16. The molecular formula is C13H10F3N3O3S. The van der Waals surface area contributed by atoms with Gasteiger partial charge in [0.25, 0.3) is 11.2 Å². The van der Waals surface area contributed by atoms with Crippen LogP contribution in [0.25, 0.3) is 0 Å². The first-order valence-corrected chi connectivity index (χ1v) is 7.21. The van der Waals surface area contributed by atoms with Gasteiger partial charge in [0.15, 0.2) is 10.9 Å². The van der Waals surface area contributed by atoms with Crippen molar-refractivity contribution >= 4 is 17.4 Å². The lowest BCUT2D eigenvalue weighted by atomic mass is 10.1. The van der Waals surface area contributed by atoms with Gasteiger partial charge >= 0.3 is 6.18 Å². The molecular weight excluding hydrogens is 335 g/mol. The Morgan fingerprint density at radius 1 is 1.39 bits per heavy atom. The third-order valence-electron chi connectivity index (χ3n) is 2.99. The van der Waals surface area contributed by atoms with Gasteiger partial charge in [0, 0.05) is 23.4 Å². The minimum Gasteiger partial charge on any atom is -0.301 e. The number of aromatic amines is 1. The fraction of sp³-hybridized carbons (Fsp3) is 0.231. The Morgan fingerprint density at radius 3 is 2.70 bits per heavy atom. The van der Waals surface area contributed by atoms with Gasteiger partial charge in [-0.05, 0) is 12.5 Å². The van der Waals surface area contributed by atoms with Crippen molar-refractivity contribution in [2.75, 3.05) is 0 Å². The molecule has 0 amide bonds. The normalized spacial score (nSPS) is 11.5. The van der Waals surface area contributed by atoms with Crippen molar-refractivity contribution in [3.05, 3.63) is 61.6 Å². The minimum atomic E-state index is -4.72. The molecule has 2 aromatic rings.